The van der Waals surface area contributed by atoms with Crippen molar-refractivity contribution in [3.63, 3.8) is 0 Å². The largest absolute Gasteiger partial charge is 0.486 e. The molecule has 6 nitrogen and oxygen atoms in total. The molecule has 0 fully saturated rings. The number of fused-ring (bicyclic) bond motifs is 1. The molecule has 0 atom stereocenters. The van der Waals surface area contributed by atoms with Gasteiger partial charge in [-0.3, -0.25) is 0 Å². The number of benzene rings is 2. The van der Waals surface area contributed by atoms with Gasteiger partial charge in [0.15, 0.2) is 11.5 Å². The summed E-state index contributed by atoms with van der Waals surface area (Å²) in [7, 11) is 1.90. The van der Waals surface area contributed by atoms with Gasteiger partial charge in [0.2, 0.25) is 10.0 Å². The Labute approximate surface area is 148 Å². The lowest BCUT2D eigenvalue weighted by Crippen LogP contribution is -2.26. The van der Waals surface area contributed by atoms with Gasteiger partial charge in [0, 0.05) is 39.4 Å². The number of anilines is 1. The maximum Gasteiger partial charge on any atom is 0.243 e. The second-order valence-corrected chi connectivity index (χ2v) is 8.17. The van der Waals surface area contributed by atoms with Crippen LogP contribution in [0.5, 0.6) is 11.5 Å². The minimum Gasteiger partial charge on any atom is -0.486 e. The molecular formula is C18H22N2O4S. The molecule has 0 saturated carbocycles. The Morgan fingerprint density at radius 3 is 2.20 bits per heavy atom. The third-order valence-electron chi connectivity index (χ3n) is 4.08. The third-order valence-corrected chi connectivity index (χ3v) is 5.88. The summed E-state index contributed by atoms with van der Waals surface area (Å²) in [4.78, 5) is 2.20. The van der Waals surface area contributed by atoms with Crippen molar-refractivity contribution in [2.45, 2.75) is 11.4 Å². The van der Waals surface area contributed by atoms with E-state index in [1.165, 1.54) is 10.4 Å². The van der Waals surface area contributed by atoms with Crippen molar-refractivity contribution in [1.82, 2.24) is 4.31 Å². The number of sulfonamides is 1. The van der Waals surface area contributed by atoms with Gasteiger partial charge in [0.25, 0.3) is 0 Å². The molecule has 1 aliphatic heterocycles. The summed E-state index contributed by atoms with van der Waals surface area (Å²) >= 11 is 0. The van der Waals surface area contributed by atoms with Crippen molar-refractivity contribution in [2.75, 3.05) is 39.3 Å². The Bertz CT molecular complexity index is 848. The highest BCUT2D eigenvalue weighted by Gasteiger charge is 2.23. The average molecular weight is 362 g/mol. The van der Waals surface area contributed by atoms with Gasteiger partial charge in [-0.1, -0.05) is 12.1 Å². The summed E-state index contributed by atoms with van der Waals surface area (Å²) in [5, 5.41) is 0. The Kier molecular flexibility index (Phi) is 4.87. The molecule has 2 aromatic carbocycles. The lowest BCUT2D eigenvalue weighted by molar-refractivity contribution is 0.171. The minimum absolute atomic E-state index is 0.198. The van der Waals surface area contributed by atoms with Gasteiger partial charge < -0.3 is 14.4 Å². The van der Waals surface area contributed by atoms with Crippen LogP contribution < -0.4 is 14.4 Å². The van der Waals surface area contributed by atoms with Crippen molar-refractivity contribution in [3.8, 4) is 11.5 Å². The number of hydrogen-bond donors (Lipinski definition) is 0. The van der Waals surface area contributed by atoms with Gasteiger partial charge in [-0.2, -0.15) is 4.31 Å². The van der Waals surface area contributed by atoms with Gasteiger partial charge in [-0.25, -0.2) is 8.42 Å². The van der Waals surface area contributed by atoms with Crippen LogP contribution in [-0.4, -0.2) is 47.1 Å². The first-order valence-electron chi connectivity index (χ1n) is 8.00. The first-order valence-corrected chi connectivity index (χ1v) is 9.44. The molecule has 3 rings (SSSR count). The molecule has 7 heteroatoms. The van der Waals surface area contributed by atoms with E-state index in [0.29, 0.717) is 31.3 Å². The van der Waals surface area contributed by atoms with Crippen LogP contribution in [0, 0.1) is 0 Å². The maximum atomic E-state index is 12.8. The van der Waals surface area contributed by atoms with Gasteiger partial charge in [-0.15, -0.1) is 0 Å². The van der Waals surface area contributed by atoms with Crippen molar-refractivity contribution >= 4 is 15.7 Å². The molecule has 0 aliphatic carbocycles. The molecule has 25 heavy (non-hydrogen) atoms. The van der Waals surface area contributed by atoms with E-state index in [4.69, 9.17) is 9.47 Å². The van der Waals surface area contributed by atoms with E-state index in [9.17, 15) is 8.42 Å². The first-order chi connectivity index (χ1) is 11.9. The van der Waals surface area contributed by atoms with E-state index in [1.807, 2.05) is 43.3 Å². The topological polar surface area (TPSA) is 59.1 Å². The summed E-state index contributed by atoms with van der Waals surface area (Å²) in [5.74, 6) is 1.04. The average Bonchev–Trinajstić information content (AvgIpc) is 2.61. The summed E-state index contributed by atoms with van der Waals surface area (Å²) in [6.45, 7) is 1.19. The molecule has 0 spiro atoms. The fraction of sp³-hybridized carbons (Fsp3) is 0.333. The van der Waals surface area contributed by atoms with Crippen LogP contribution in [0.2, 0.25) is 0 Å². The molecule has 0 bridgehead atoms. The van der Waals surface area contributed by atoms with Crippen LogP contribution in [0.1, 0.15) is 5.56 Å². The fourth-order valence-electron chi connectivity index (χ4n) is 2.61. The molecule has 0 radical (unpaired) electrons. The van der Waals surface area contributed by atoms with Gasteiger partial charge in [-0.05, 0) is 29.8 Å². The van der Waals surface area contributed by atoms with Crippen molar-refractivity contribution in [2.24, 2.45) is 0 Å². The second kappa shape index (κ2) is 6.93. The van der Waals surface area contributed by atoms with E-state index in [0.717, 1.165) is 11.3 Å². The van der Waals surface area contributed by atoms with E-state index in [-0.39, 0.29) is 4.90 Å². The van der Waals surface area contributed by atoms with Crippen LogP contribution in [0.15, 0.2) is 47.4 Å². The number of rotatable bonds is 5. The van der Waals surface area contributed by atoms with Crippen LogP contribution in [-0.2, 0) is 16.6 Å². The predicted molar refractivity (Wildman–Crippen MR) is 96.9 cm³/mol. The van der Waals surface area contributed by atoms with E-state index in [1.54, 1.807) is 19.2 Å². The van der Waals surface area contributed by atoms with Crippen LogP contribution >= 0.6 is 0 Å². The number of ether oxygens (including phenoxy) is 2. The molecule has 0 saturated heterocycles. The minimum atomic E-state index is -3.61. The molecule has 134 valence electrons. The van der Waals surface area contributed by atoms with E-state index >= 15 is 0 Å². The lowest BCUT2D eigenvalue weighted by atomic mass is 10.2. The third kappa shape index (κ3) is 3.72. The summed E-state index contributed by atoms with van der Waals surface area (Å²) < 4.78 is 37.9. The quantitative estimate of drug-likeness (QED) is 0.817. The van der Waals surface area contributed by atoms with E-state index < -0.39 is 10.0 Å². The lowest BCUT2D eigenvalue weighted by Gasteiger charge is -2.21. The fourth-order valence-corrected chi connectivity index (χ4v) is 3.78. The first kappa shape index (κ1) is 17.6. The predicted octanol–water partition coefficient (Wildman–Crippen LogP) is 2.34. The second-order valence-electron chi connectivity index (χ2n) is 6.13. The van der Waals surface area contributed by atoms with Crippen molar-refractivity contribution < 1.29 is 17.9 Å². The summed E-state index contributed by atoms with van der Waals surface area (Å²) in [5.41, 5.74) is 2.00. The normalized spacial score (nSPS) is 13.8. The van der Waals surface area contributed by atoms with Crippen molar-refractivity contribution in [1.29, 1.82) is 0 Å². The summed E-state index contributed by atoms with van der Waals surface area (Å²) in [6, 6.07) is 12.5. The highest BCUT2D eigenvalue weighted by Crippen LogP contribution is 2.33. The molecule has 0 aromatic heterocycles. The van der Waals surface area contributed by atoms with Crippen LogP contribution in [0.3, 0.4) is 0 Å². The van der Waals surface area contributed by atoms with E-state index in [2.05, 4.69) is 0 Å². The highest BCUT2D eigenvalue weighted by atomic mass is 32.2. The van der Waals surface area contributed by atoms with Gasteiger partial charge in [0.1, 0.15) is 13.2 Å². The zero-order chi connectivity index (χ0) is 18.0. The Balaban J connectivity index is 1.79. The van der Waals surface area contributed by atoms with Crippen LogP contribution in [0.4, 0.5) is 5.69 Å². The smallest absolute Gasteiger partial charge is 0.243 e. The molecule has 2 aromatic rings. The highest BCUT2D eigenvalue weighted by molar-refractivity contribution is 7.89. The molecule has 1 aliphatic rings. The Morgan fingerprint density at radius 2 is 1.56 bits per heavy atom. The maximum absolute atomic E-state index is 12.8. The van der Waals surface area contributed by atoms with Crippen molar-refractivity contribution in [3.05, 3.63) is 48.0 Å². The zero-order valence-corrected chi connectivity index (χ0v) is 15.4. The Hall–Kier alpha value is -2.25. The number of hydrogen-bond acceptors (Lipinski definition) is 5. The molecule has 0 amide bonds. The number of nitrogens with zero attached hydrogens (tertiary/aromatic N) is 2. The molecular weight excluding hydrogens is 340 g/mol. The van der Waals surface area contributed by atoms with Gasteiger partial charge in [0.05, 0.1) is 4.90 Å². The zero-order valence-electron chi connectivity index (χ0n) is 14.6. The van der Waals surface area contributed by atoms with Gasteiger partial charge >= 0.3 is 0 Å². The van der Waals surface area contributed by atoms with Crippen LogP contribution in [0.25, 0.3) is 0 Å². The molecule has 0 N–H and O–H groups in total. The Morgan fingerprint density at radius 1 is 0.920 bits per heavy atom. The molecule has 1 heterocycles. The summed E-state index contributed by atoms with van der Waals surface area (Å²) in [6.07, 6.45) is 0. The standard InChI is InChI=1S/C18H22N2O4S/c1-19(2)15-6-4-14(5-7-15)13-20(3)25(21,22)16-8-9-17-18(12-16)24-11-10-23-17/h4-9,12H,10-11,13H2,1-3H3. The molecule has 0 unspecified atom stereocenters. The SMILES string of the molecule is CN(C)c1ccc(CN(C)S(=O)(=O)c2ccc3c(c2)OCCO3)cc1. The monoisotopic (exact) mass is 362 g/mol.